The number of hydrogen-bond acceptors (Lipinski definition) is 0. The van der Waals surface area contributed by atoms with E-state index in [4.69, 9.17) is 0 Å². The summed E-state index contributed by atoms with van der Waals surface area (Å²) in [6, 6.07) is 11.0. The first-order valence-corrected chi connectivity index (χ1v) is 17.6. The molecule has 0 amide bonds. The SMILES string of the molecule is CCCC(C)(C)CC(C)(C)CC(C)(C)C(C)C(C)(C)CC(C)(C)CC=CCC(C)(C)CCCC(C)(C)c1ccccc1. The van der Waals surface area contributed by atoms with Gasteiger partial charge in [0.05, 0.1) is 0 Å². The lowest BCUT2D eigenvalue weighted by Crippen LogP contribution is -2.40. The minimum atomic E-state index is 0.247. The molecule has 0 N–H and O–H groups in total. The van der Waals surface area contributed by atoms with Crippen LogP contribution in [-0.2, 0) is 5.41 Å². The second-order valence-corrected chi connectivity index (χ2v) is 19.6. The molecule has 0 saturated heterocycles. The van der Waals surface area contributed by atoms with Gasteiger partial charge in [0.15, 0.2) is 0 Å². The maximum atomic E-state index is 2.55. The Hall–Kier alpha value is -1.04. The summed E-state index contributed by atoms with van der Waals surface area (Å²) in [5, 5.41) is 0. The lowest BCUT2D eigenvalue weighted by Gasteiger charge is -2.49. The Balaban J connectivity index is 2.69. The maximum Gasteiger partial charge on any atom is -0.0104 e. The fourth-order valence-electron chi connectivity index (χ4n) is 8.98. The van der Waals surface area contributed by atoms with Gasteiger partial charge in [-0.15, -0.1) is 0 Å². The van der Waals surface area contributed by atoms with Crippen LogP contribution in [0.5, 0.6) is 0 Å². The molecular weight excluding hydrogens is 504 g/mol. The molecule has 0 saturated carbocycles. The van der Waals surface area contributed by atoms with Gasteiger partial charge in [0.2, 0.25) is 0 Å². The lowest BCUT2D eigenvalue weighted by atomic mass is 9.56. The van der Waals surface area contributed by atoms with E-state index in [0.717, 1.165) is 6.42 Å². The third-order valence-corrected chi connectivity index (χ3v) is 10.8. The summed E-state index contributed by atoms with van der Waals surface area (Å²) >= 11 is 0. The van der Waals surface area contributed by atoms with Gasteiger partial charge in [-0.05, 0) is 101 Å². The lowest BCUT2D eigenvalue weighted by molar-refractivity contribution is 0.00847. The molecule has 1 unspecified atom stereocenters. The predicted octanol–water partition coefficient (Wildman–Crippen LogP) is 14.2. The third-order valence-electron chi connectivity index (χ3n) is 10.8. The number of allylic oxidation sites excluding steroid dienone is 2. The Bertz CT molecular complexity index is 932. The highest BCUT2D eigenvalue weighted by molar-refractivity contribution is 5.23. The second kappa shape index (κ2) is 14.8. The van der Waals surface area contributed by atoms with Gasteiger partial charge in [-0.2, -0.15) is 0 Å². The van der Waals surface area contributed by atoms with E-state index in [0.29, 0.717) is 38.4 Å². The van der Waals surface area contributed by atoms with Crippen LogP contribution in [-0.4, -0.2) is 0 Å². The van der Waals surface area contributed by atoms with Gasteiger partial charge in [0, 0.05) is 0 Å². The first kappa shape index (κ1) is 39.0. The van der Waals surface area contributed by atoms with Gasteiger partial charge in [-0.1, -0.05) is 166 Å². The van der Waals surface area contributed by atoms with Gasteiger partial charge < -0.3 is 0 Å². The molecule has 0 nitrogen and oxygen atoms in total. The molecule has 0 aliphatic rings. The van der Waals surface area contributed by atoms with Crippen LogP contribution in [0.3, 0.4) is 0 Å². The fraction of sp³-hybridized carbons (Fsp3) is 0.810. The first-order valence-electron chi connectivity index (χ1n) is 17.6. The van der Waals surface area contributed by atoms with E-state index in [2.05, 4.69) is 153 Å². The van der Waals surface area contributed by atoms with Gasteiger partial charge in [0.1, 0.15) is 0 Å². The monoisotopic (exact) mass is 581 g/mol. The first-order chi connectivity index (χ1) is 18.9. The Morgan fingerprint density at radius 1 is 0.548 bits per heavy atom. The number of benzene rings is 1. The molecule has 0 spiro atoms. The summed E-state index contributed by atoms with van der Waals surface area (Å²) in [7, 11) is 0. The molecule has 1 rings (SSSR count). The Kier molecular flexibility index (Phi) is 13.8. The standard InChI is InChI=1S/C42H76/c1-17-26-37(5,6)31-39(9,10)33-42(15,16)34(2)41(13,14)32-38(7,8)28-22-21-27-36(3,4)29-23-30-40(11,12)35-24-19-18-20-25-35/h18-22,24-25,34H,17,23,26-33H2,1-16H3. The minimum absolute atomic E-state index is 0.247. The van der Waals surface area contributed by atoms with Crippen molar-refractivity contribution in [2.24, 2.45) is 38.4 Å². The average molecular weight is 581 g/mol. The highest BCUT2D eigenvalue weighted by Crippen LogP contribution is 2.53. The molecule has 244 valence electrons. The van der Waals surface area contributed by atoms with Crippen LogP contribution in [0.1, 0.15) is 181 Å². The zero-order chi connectivity index (χ0) is 32.7. The van der Waals surface area contributed by atoms with Crippen molar-refractivity contribution in [3.63, 3.8) is 0 Å². The Morgan fingerprint density at radius 3 is 1.52 bits per heavy atom. The van der Waals surface area contributed by atoms with Gasteiger partial charge >= 0.3 is 0 Å². The number of hydrogen-bond donors (Lipinski definition) is 0. The van der Waals surface area contributed by atoms with Crippen molar-refractivity contribution in [2.75, 3.05) is 0 Å². The highest BCUT2D eigenvalue weighted by Gasteiger charge is 2.43. The minimum Gasteiger partial charge on any atom is -0.0880 e. The molecular formula is C42H76. The summed E-state index contributed by atoms with van der Waals surface area (Å²) in [6.07, 6.45) is 17.6. The third kappa shape index (κ3) is 13.7. The Labute approximate surface area is 266 Å². The maximum absolute atomic E-state index is 2.55. The highest BCUT2D eigenvalue weighted by atomic mass is 14.5. The van der Waals surface area contributed by atoms with Gasteiger partial charge in [-0.25, -0.2) is 0 Å². The molecule has 1 aromatic carbocycles. The normalized spacial score (nSPS) is 15.4. The molecule has 0 aromatic heterocycles. The van der Waals surface area contributed by atoms with Crippen molar-refractivity contribution < 1.29 is 0 Å². The molecule has 0 aliphatic carbocycles. The molecule has 0 heteroatoms. The molecule has 1 atom stereocenters. The van der Waals surface area contributed by atoms with Gasteiger partial charge in [-0.3, -0.25) is 0 Å². The van der Waals surface area contributed by atoms with E-state index < -0.39 is 0 Å². The molecule has 0 bridgehead atoms. The zero-order valence-electron chi connectivity index (χ0n) is 31.7. The van der Waals surface area contributed by atoms with Crippen LogP contribution in [0.25, 0.3) is 0 Å². The van der Waals surface area contributed by atoms with Gasteiger partial charge in [0.25, 0.3) is 0 Å². The average Bonchev–Trinajstić information content (AvgIpc) is 2.79. The molecule has 0 heterocycles. The summed E-state index contributed by atoms with van der Waals surface area (Å²) in [6.45, 7) is 39.7. The van der Waals surface area contributed by atoms with Crippen LogP contribution in [0.15, 0.2) is 42.5 Å². The van der Waals surface area contributed by atoms with Crippen LogP contribution in [0.4, 0.5) is 0 Å². The van der Waals surface area contributed by atoms with E-state index in [1.807, 2.05) is 0 Å². The van der Waals surface area contributed by atoms with Crippen molar-refractivity contribution in [1.82, 2.24) is 0 Å². The molecule has 42 heavy (non-hydrogen) atoms. The topological polar surface area (TPSA) is 0 Å². The van der Waals surface area contributed by atoms with E-state index in [-0.39, 0.29) is 5.41 Å². The van der Waals surface area contributed by atoms with Crippen LogP contribution >= 0.6 is 0 Å². The zero-order valence-corrected chi connectivity index (χ0v) is 31.7. The molecule has 0 radical (unpaired) electrons. The van der Waals surface area contributed by atoms with Crippen molar-refractivity contribution in [3.8, 4) is 0 Å². The Morgan fingerprint density at radius 2 is 1.02 bits per heavy atom. The second-order valence-electron chi connectivity index (χ2n) is 19.6. The van der Waals surface area contributed by atoms with Crippen molar-refractivity contribution >= 4 is 0 Å². The van der Waals surface area contributed by atoms with E-state index in [1.165, 1.54) is 63.4 Å². The molecule has 0 fully saturated rings. The van der Waals surface area contributed by atoms with E-state index in [1.54, 1.807) is 0 Å². The largest absolute Gasteiger partial charge is 0.0880 e. The van der Waals surface area contributed by atoms with Crippen LogP contribution in [0.2, 0.25) is 0 Å². The van der Waals surface area contributed by atoms with Crippen LogP contribution < -0.4 is 0 Å². The van der Waals surface area contributed by atoms with E-state index >= 15 is 0 Å². The number of rotatable bonds is 19. The fourth-order valence-corrected chi connectivity index (χ4v) is 8.98. The summed E-state index contributed by atoms with van der Waals surface area (Å²) < 4.78 is 0. The summed E-state index contributed by atoms with van der Waals surface area (Å²) in [4.78, 5) is 0. The van der Waals surface area contributed by atoms with Crippen molar-refractivity contribution in [3.05, 3.63) is 48.0 Å². The molecule has 1 aromatic rings. The van der Waals surface area contributed by atoms with Crippen LogP contribution in [0, 0.1) is 38.4 Å². The van der Waals surface area contributed by atoms with E-state index in [9.17, 15) is 0 Å². The quantitative estimate of drug-likeness (QED) is 0.143. The smallest absolute Gasteiger partial charge is 0.0104 e. The van der Waals surface area contributed by atoms with Crippen molar-refractivity contribution in [2.45, 2.75) is 180 Å². The predicted molar refractivity (Wildman–Crippen MR) is 192 cm³/mol. The summed E-state index contributed by atoms with van der Waals surface area (Å²) in [5.41, 5.74) is 3.74. The molecule has 0 aliphatic heterocycles. The van der Waals surface area contributed by atoms with Crippen molar-refractivity contribution in [1.29, 1.82) is 0 Å². The summed E-state index contributed by atoms with van der Waals surface area (Å²) in [5.74, 6) is 0.654.